The van der Waals surface area contributed by atoms with E-state index < -0.39 is 0 Å². The van der Waals surface area contributed by atoms with E-state index in [0.717, 1.165) is 34.6 Å². The topological polar surface area (TPSA) is 39.7 Å². The van der Waals surface area contributed by atoms with Crippen LogP contribution in [0.5, 0.6) is 11.5 Å². The minimum atomic E-state index is 0.117. The van der Waals surface area contributed by atoms with Gasteiger partial charge in [-0.15, -0.1) is 0 Å². The Morgan fingerprint density at radius 1 is 1.21 bits per heavy atom. The lowest BCUT2D eigenvalue weighted by molar-refractivity contribution is 0.199. The standard InChI is InChI=1S/C14H22BrNO3/c1-10(2)19-14-8-12(15)11(7-13(14)18-4)9-16-5-6-17-3/h7-8,10,16H,5-6,9H2,1-4H3. The molecule has 0 saturated heterocycles. The molecule has 0 atom stereocenters. The molecule has 0 aromatic heterocycles. The fraction of sp³-hybridized carbons (Fsp3) is 0.571. The van der Waals surface area contributed by atoms with Crippen molar-refractivity contribution in [3.63, 3.8) is 0 Å². The minimum Gasteiger partial charge on any atom is -0.493 e. The minimum absolute atomic E-state index is 0.117. The second-order valence-corrected chi connectivity index (χ2v) is 5.28. The van der Waals surface area contributed by atoms with Crippen LogP contribution in [0.15, 0.2) is 16.6 Å². The fourth-order valence-electron chi connectivity index (χ4n) is 1.62. The van der Waals surface area contributed by atoms with E-state index in [-0.39, 0.29) is 6.10 Å². The maximum atomic E-state index is 5.72. The van der Waals surface area contributed by atoms with Gasteiger partial charge in [0.2, 0.25) is 0 Å². The van der Waals surface area contributed by atoms with Gasteiger partial charge in [-0.05, 0) is 31.5 Å². The van der Waals surface area contributed by atoms with Gasteiger partial charge in [0.25, 0.3) is 0 Å². The van der Waals surface area contributed by atoms with Gasteiger partial charge in [0, 0.05) is 24.7 Å². The van der Waals surface area contributed by atoms with E-state index in [0.29, 0.717) is 6.61 Å². The van der Waals surface area contributed by atoms with Crippen molar-refractivity contribution >= 4 is 15.9 Å². The summed E-state index contributed by atoms with van der Waals surface area (Å²) in [6.45, 7) is 6.25. The number of ether oxygens (including phenoxy) is 3. The monoisotopic (exact) mass is 331 g/mol. The van der Waals surface area contributed by atoms with Crippen LogP contribution in [0.25, 0.3) is 0 Å². The normalized spacial score (nSPS) is 10.8. The van der Waals surface area contributed by atoms with Gasteiger partial charge in [-0.25, -0.2) is 0 Å². The van der Waals surface area contributed by atoms with Crippen LogP contribution >= 0.6 is 15.9 Å². The summed E-state index contributed by atoms with van der Waals surface area (Å²) >= 11 is 3.56. The molecule has 108 valence electrons. The number of methoxy groups -OCH3 is 2. The zero-order valence-corrected chi connectivity index (χ0v) is 13.5. The Bertz CT molecular complexity index is 397. The molecule has 1 aromatic rings. The van der Waals surface area contributed by atoms with Gasteiger partial charge < -0.3 is 19.5 Å². The molecule has 0 bridgehead atoms. The second kappa shape index (κ2) is 8.40. The summed E-state index contributed by atoms with van der Waals surface area (Å²) in [4.78, 5) is 0. The summed E-state index contributed by atoms with van der Waals surface area (Å²) in [7, 11) is 3.34. The summed E-state index contributed by atoms with van der Waals surface area (Å²) in [5.74, 6) is 1.51. The van der Waals surface area contributed by atoms with Crippen LogP contribution in [0, 0.1) is 0 Å². The first-order valence-electron chi connectivity index (χ1n) is 6.31. The van der Waals surface area contributed by atoms with E-state index in [1.54, 1.807) is 14.2 Å². The molecule has 0 heterocycles. The van der Waals surface area contributed by atoms with Crippen LogP contribution in [0.1, 0.15) is 19.4 Å². The van der Waals surface area contributed by atoms with Gasteiger partial charge in [-0.3, -0.25) is 0 Å². The van der Waals surface area contributed by atoms with Crippen LogP contribution in [0.2, 0.25) is 0 Å². The molecule has 1 rings (SSSR count). The second-order valence-electron chi connectivity index (χ2n) is 4.43. The number of nitrogens with one attached hydrogen (secondary N) is 1. The lowest BCUT2D eigenvalue weighted by Crippen LogP contribution is -2.19. The van der Waals surface area contributed by atoms with Gasteiger partial charge in [0.15, 0.2) is 11.5 Å². The molecule has 0 fully saturated rings. The first-order valence-corrected chi connectivity index (χ1v) is 7.10. The quantitative estimate of drug-likeness (QED) is 0.743. The highest BCUT2D eigenvalue weighted by molar-refractivity contribution is 9.10. The third kappa shape index (κ3) is 5.38. The maximum Gasteiger partial charge on any atom is 0.162 e. The van der Waals surface area contributed by atoms with E-state index in [1.807, 2.05) is 26.0 Å². The zero-order valence-electron chi connectivity index (χ0n) is 12.0. The van der Waals surface area contributed by atoms with E-state index in [2.05, 4.69) is 21.2 Å². The maximum absolute atomic E-state index is 5.72. The third-order valence-corrected chi connectivity index (χ3v) is 3.23. The first-order chi connectivity index (χ1) is 9.08. The Balaban J connectivity index is 2.77. The van der Waals surface area contributed by atoms with Gasteiger partial charge in [0.05, 0.1) is 19.8 Å². The first kappa shape index (κ1) is 16.3. The number of hydrogen-bond donors (Lipinski definition) is 1. The predicted molar refractivity (Wildman–Crippen MR) is 80.0 cm³/mol. The van der Waals surface area contributed by atoms with Crippen molar-refractivity contribution in [1.82, 2.24) is 5.32 Å². The summed E-state index contributed by atoms with van der Waals surface area (Å²) < 4.78 is 17.1. The van der Waals surface area contributed by atoms with Crippen molar-refractivity contribution in [1.29, 1.82) is 0 Å². The molecule has 0 unspecified atom stereocenters. The van der Waals surface area contributed by atoms with Crippen molar-refractivity contribution in [3.8, 4) is 11.5 Å². The Labute approximate surface area is 123 Å². The highest BCUT2D eigenvalue weighted by Crippen LogP contribution is 2.34. The molecule has 4 nitrogen and oxygen atoms in total. The largest absolute Gasteiger partial charge is 0.493 e. The molecule has 5 heteroatoms. The average molecular weight is 332 g/mol. The van der Waals surface area contributed by atoms with Crippen molar-refractivity contribution in [3.05, 3.63) is 22.2 Å². The Kier molecular flexibility index (Phi) is 7.20. The molecule has 0 aliphatic carbocycles. The van der Waals surface area contributed by atoms with Crippen LogP contribution in [-0.2, 0) is 11.3 Å². The highest BCUT2D eigenvalue weighted by atomic mass is 79.9. The van der Waals surface area contributed by atoms with Crippen LogP contribution in [0.3, 0.4) is 0 Å². The summed E-state index contributed by atoms with van der Waals surface area (Å²) in [6, 6.07) is 3.94. The Morgan fingerprint density at radius 2 is 1.95 bits per heavy atom. The number of hydrogen-bond acceptors (Lipinski definition) is 4. The van der Waals surface area contributed by atoms with E-state index >= 15 is 0 Å². The van der Waals surface area contributed by atoms with E-state index in [9.17, 15) is 0 Å². The van der Waals surface area contributed by atoms with Crippen molar-refractivity contribution in [2.24, 2.45) is 0 Å². The van der Waals surface area contributed by atoms with Gasteiger partial charge in [0.1, 0.15) is 0 Å². The Hall–Kier alpha value is -0.780. The van der Waals surface area contributed by atoms with E-state index in [1.165, 1.54) is 0 Å². The zero-order chi connectivity index (χ0) is 14.3. The van der Waals surface area contributed by atoms with E-state index in [4.69, 9.17) is 14.2 Å². The summed E-state index contributed by atoms with van der Waals surface area (Å²) in [5.41, 5.74) is 1.13. The van der Waals surface area contributed by atoms with Gasteiger partial charge in [-0.2, -0.15) is 0 Å². The van der Waals surface area contributed by atoms with Crippen LogP contribution < -0.4 is 14.8 Å². The van der Waals surface area contributed by atoms with Crippen molar-refractivity contribution in [2.45, 2.75) is 26.5 Å². The number of halogens is 1. The molecule has 0 amide bonds. The molecule has 0 saturated carbocycles. The molecule has 0 aliphatic rings. The molecule has 0 aliphatic heterocycles. The molecular formula is C14H22BrNO3. The molecule has 1 aromatic carbocycles. The summed E-state index contributed by atoms with van der Waals surface area (Å²) in [5, 5.41) is 3.30. The molecule has 1 N–H and O–H groups in total. The molecule has 0 spiro atoms. The van der Waals surface area contributed by atoms with Crippen LogP contribution in [-0.4, -0.2) is 33.5 Å². The lowest BCUT2D eigenvalue weighted by Gasteiger charge is -2.16. The highest BCUT2D eigenvalue weighted by Gasteiger charge is 2.11. The average Bonchev–Trinajstić information content (AvgIpc) is 2.36. The van der Waals surface area contributed by atoms with Crippen LogP contribution in [0.4, 0.5) is 0 Å². The number of rotatable bonds is 8. The molecular weight excluding hydrogens is 310 g/mol. The molecule has 19 heavy (non-hydrogen) atoms. The smallest absolute Gasteiger partial charge is 0.162 e. The lowest BCUT2D eigenvalue weighted by atomic mass is 10.2. The third-order valence-electron chi connectivity index (χ3n) is 2.49. The predicted octanol–water partition coefficient (Wildman–Crippen LogP) is 2.98. The summed E-state index contributed by atoms with van der Waals surface area (Å²) in [6.07, 6.45) is 0.117. The fourth-order valence-corrected chi connectivity index (χ4v) is 2.08. The molecule has 0 radical (unpaired) electrons. The Morgan fingerprint density at radius 3 is 2.53 bits per heavy atom. The number of benzene rings is 1. The van der Waals surface area contributed by atoms with Crippen molar-refractivity contribution < 1.29 is 14.2 Å². The SMILES string of the molecule is COCCNCc1cc(OC)c(OC(C)C)cc1Br. The van der Waals surface area contributed by atoms with Gasteiger partial charge >= 0.3 is 0 Å². The van der Waals surface area contributed by atoms with Gasteiger partial charge in [-0.1, -0.05) is 15.9 Å². The van der Waals surface area contributed by atoms with Crippen molar-refractivity contribution in [2.75, 3.05) is 27.4 Å².